The number of likely N-dealkylation sites (tertiary alicyclic amines) is 3. The van der Waals surface area contributed by atoms with E-state index in [4.69, 9.17) is 4.74 Å². The molecule has 3 aromatic rings. The Kier molecular flexibility index (Phi) is 8.61. The third-order valence-electron chi connectivity index (χ3n) is 10.7. The number of hydrogen-bond acceptors (Lipinski definition) is 8. The Bertz CT molecular complexity index is 1960. The maximum atomic E-state index is 15.0. The van der Waals surface area contributed by atoms with E-state index in [1.807, 2.05) is 0 Å². The molecule has 4 aliphatic heterocycles. The second kappa shape index (κ2) is 12.7. The molecule has 0 bridgehead atoms. The van der Waals surface area contributed by atoms with Crippen molar-refractivity contribution in [3.63, 3.8) is 0 Å². The van der Waals surface area contributed by atoms with Gasteiger partial charge in [-0.15, -0.1) is 0 Å². The molecule has 3 fully saturated rings. The lowest BCUT2D eigenvalue weighted by Gasteiger charge is -2.62. The molecule has 1 atom stereocenters. The fraction of sp³-hybridized carbons (Fsp3) is 0.432. The summed E-state index contributed by atoms with van der Waals surface area (Å²) in [6.45, 7) is 11.5. The van der Waals surface area contributed by atoms with Crippen LogP contribution in [0, 0.1) is 22.6 Å². The van der Waals surface area contributed by atoms with Crippen LogP contribution < -0.4 is 14.4 Å². The van der Waals surface area contributed by atoms with Crippen LogP contribution >= 0.6 is 0 Å². The van der Waals surface area contributed by atoms with Crippen molar-refractivity contribution in [2.75, 3.05) is 50.2 Å². The highest BCUT2D eigenvalue weighted by atomic mass is 32.2. The standard InChI is InChI=1S/C37H41FN6O5S/c1-4-49-33-8-6-5-7-30(33)37(40-35(46)43-23-36(24-43)21-42(22-36)28-15-17-41(18-16-28)25(2)3)31-19-26(20-39)9-14-32(31)44(34(37)45)50(47,48)29-12-10-27(38)11-13-29/h5-14,19,25,28H,4,15-18,21-24H2,1-3H3,(H,40,46)/t37-/m1/s1. The summed E-state index contributed by atoms with van der Waals surface area (Å²) >= 11 is 0. The molecular formula is C37H41FN6O5S. The topological polar surface area (TPSA) is 126 Å². The molecule has 13 heteroatoms. The van der Waals surface area contributed by atoms with Crippen LogP contribution in [0.1, 0.15) is 50.3 Å². The lowest BCUT2D eigenvalue weighted by atomic mass is 9.71. The van der Waals surface area contributed by atoms with E-state index in [0.717, 1.165) is 63.3 Å². The predicted octanol–water partition coefficient (Wildman–Crippen LogP) is 4.28. The molecule has 7 rings (SSSR count). The number of piperidine rings is 1. The number of anilines is 1. The highest BCUT2D eigenvalue weighted by molar-refractivity contribution is 7.93. The first-order chi connectivity index (χ1) is 23.9. The summed E-state index contributed by atoms with van der Waals surface area (Å²) < 4.78 is 48.8. The van der Waals surface area contributed by atoms with Gasteiger partial charge in [-0.3, -0.25) is 9.69 Å². The summed E-state index contributed by atoms with van der Waals surface area (Å²) in [6, 6.07) is 17.7. The van der Waals surface area contributed by atoms with Gasteiger partial charge in [-0.25, -0.2) is 17.6 Å². The van der Waals surface area contributed by atoms with Gasteiger partial charge < -0.3 is 19.9 Å². The molecule has 3 saturated heterocycles. The van der Waals surface area contributed by atoms with Gasteiger partial charge in [0.1, 0.15) is 11.6 Å². The number of rotatable bonds is 8. The number of ether oxygens (including phenoxy) is 1. The summed E-state index contributed by atoms with van der Waals surface area (Å²) in [5, 5.41) is 12.8. The van der Waals surface area contributed by atoms with E-state index in [1.165, 1.54) is 18.2 Å². The van der Waals surface area contributed by atoms with Gasteiger partial charge in [-0.05, 0) is 95.2 Å². The molecule has 11 nitrogen and oxygen atoms in total. The SMILES string of the molecule is CCOc1ccccc1[C@]1(NC(=O)N2CC3(C2)CN(C2CCN(C(C)C)CC2)C3)C(=O)N(S(=O)(=O)c2ccc(F)cc2)c2ccc(C#N)cc21. The predicted molar refractivity (Wildman–Crippen MR) is 184 cm³/mol. The van der Waals surface area contributed by atoms with Crippen molar-refractivity contribution in [3.8, 4) is 11.8 Å². The number of benzene rings is 3. The first kappa shape index (κ1) is 34.0. The van der Waals surface area contributed by atoms with Crippen molar-refractivity contribution in [2.24, 2.45) is 5.41 Å². The molecule has 0 saturated carbocycles. The van der Waals surface area contributed by atoms with Gasteiger partial charge in [0, 0.05) is 54.8 Å². The lowest BCUT2D eigenvalue weighted by molar-refractivity contribution is -0.124. The number of nitrogens with zero attached hydrogens (tertiary/aromatic N) is 5. The van der Waals surface area contributed by atoms with Crippen LogP contribution in [0.25, 0.3) is 0 Å². The van der Waals surface area contributed by atoms with Crippen molar-refractivity contribution in [1.29, 1.82) is 5.26 Å². The molecule has 0 aliphatic carbocycles. The Morgan fingerprint density at radius 1 is 1.02 bits per heavy atom. The molecule has 3 amide bonds. The summed E-state index contributed by atoms with van der Waals surface area (Å²) in [5.41, 5.74) is -1.61. The smallest absolute Gasteiger partial charge is 0.318 e. The molecule has 0 aromatic heterocycles. The van der Waals surface area contributed by atoms with E-state index in [2.05, 4.69) is 35.0 Å². The van der Waals surface area contributed by atoms with Crippen LogP contribution in [0.15, 0.2) is 71.6 Å². The zero-order valence-corrected chi connectivity index (χ0v) is 29.2. The van der Waals surface area contributed by atoms with Gasteiger partial charge in [0.2, 0.25) is 0 Å². The number of carbonyl (C=O) groups excluding carboxylic acids is 2. The largest absolute Gasteiger partial charge is 0.493 e. The highest BCUT2D eigenvalue weighted by Gasteiger charge is 2.60. The van der Waals surface area contributed by atoms with Crippen LogP contribution in [0.3, 0.4) is 0 Å². The zero-order valence-electron chi connectivity index (χ0n) is 28.4. The van der Waals surface area contributed by atoms with Gasteiger partial charge in [-0.2, -0.15) is 9.57 Å². The Balaban J connectivity index is 1.21. The average Bonchev–Trinajstić information content (AvgIpc) is 3.31. The molecule has 4 heterocycles. The first-order valence-electron chi connectivity index (χ1n) is 17.1. The van der Waals surface area contributed by atoms with Crippen molar-refractivity contribution < 1.29 is 27.1 Å². The maximum absolute atomic E-state index is 15.0. The fourth-order valence-electron chi connectivity index (χ4n) is 8.10. The average molecular weight is 701 g/mol. The number of nitrogens with one attached hydrogen (secondary N) is 1. The molecule has 3 aromatic carbocycles. The highest BCUT2D eigenvalue weighted by Crippen LogP contribution is 2.50. The van der Waals surface area contributed by atoms with Crippen LogP contribution in [0.5, 0.6) is 5.75 Å². The van der Waals surface area contributed by atoms with E-state index in [1.54, 1.807) is 36.1 Å². The minimum absolute atomic E-state index is 0.0214. The number of halogens is 1. The Morgan fingerprint density at radius 2 is 1.70 bits per heavy atom. The summed E-state index contributed by atoms with van der Waals surface area (Å²) in [4.78, 5) is 35.6. The van der Waals surface area contributed by atoms with Gasteiger partial charge in [0.05, 0.1) is 28.8 Å². The third-order valence-corrected chi connectivity index (χ3v) is 12.4. The molecular weight excluding hydrogens is 660 g/mol. The molecule has 1 spiro atoms. The quantitative estimate of drug-likeness (QED) is 0.370. The van der Waals surface area contributed by atoms with Gasteiger partial charge in [0.15, 0.2) is 5.54 Å². The number of urea groups is 1. The van der Waals surface area contributed by atoms with Crippen LogP contribution in [-0.2, 0) is 20.4 Å². The van der Waals surface area contributed by atoms with Crippen LogP contribution in [0.4, 0.5) is 14.9 Å². The molecule has 0 unspecified atom stereocenters. The molecule has 262 valence electrons. The number of para-hydroxylation sites is 1. The fourth-order valence-corrected chi connectivity index (χ4v) is 9.57. The Labute approximate surface area is 292 Å². The normalized spacial score (nSPS) is 22.2. The van der Waals surface area contributed by atoms with E-state index in [9.17, 15) is 27.7 Å². The van der Waals surface area contributed by atoms with Gasteiger partial charge in [0.25, 0.3) is 15.9 Å². The summed E-state index contributed by atoms with van der Waals surface area (Å²) in [7, 11) is -4.61. The Hall–Kier alpha value is -4.51. The number of carbonyl (C=O) groups is 2. The second-order valence-electron chi connectivity index (χ2n) is 14.1. The first-order valence-corrected chi connectivity index (χ1v) is 18.5. The third kappa shape index (κ3) is 5.50. The minimum Gasteiger partial charge on any atom is -0.493 e. The lowest BCUT2D eigenvalue weighted by Crippen LogP contribution is -2.76. The van der Waals surface area contributed by atoms with E-state index >= 15 is 0 Å². The van der Waals surface area contributed by atoms with Crippen LogP contribution in [-0.4, -0.2) is 93.0 Å². The van der Waals surface area contributed by atoms with Crippen molar-refractivity contribution in [1.82, 2.24) is 20.0 Å². The van der Waals surface area contributed by atoms with E-state index in [-0.39, 0.29) is 45.0 Å². The minimum atomic E-state index is -4.61. The number of fused-ring (bicyclic) bond motifs is 1. The van der Waals surface area contributed by atoms with Crippen LogP contribution in [0.2, 0.25) is 0 Å². The summed E-state index contributed by atoms with van der Waals surface area (Å²) in [6.07, 6.45) is 2.26. The van der Waals surface area contributed by atoms with Crippen molar-refractivity contribution in [3.05, 3.63) is 89.2 Å². The van der Waals surface area contributed by atoms with E-state index in [0.29, 0.717) is 29.5 Å². The molecule has 4 aliphatic rings. The Morgan fingerprint density at radius 3 is 2.34 bits per heavy atom. The van der Waals surface area contributed by atoms with Gasteiger partial charge >= 0.3 is 6.03 Å². The number of amides is 3. The molecule has 1 N–H and O–H groups in total. The van der Waals surface area contributed by atoms with Crippen molar-refractivity contribution >= 4 is 27.6 Å². The molecule has 50 heavy (non-hydrogen) atoms. The number of sulfonamides is 1. The van der Waals surface area contributed by atoms with Gasteiger partial charge in [-0.1, -0.05) is 18.2 Å². The number of nitriles is 1. The second-order valence-corrected chi connectivity index (χ2v) is 15.9. The maximum Gasteiger partial charge on any atom is 0.318 e. The van der Waals surface area contributed by atoms with Crippen molar-refractivity contribution in [2.45, 2.75) is 56.1 Å². The number of hydrogen-bond donors (Lipinski definition) is 1. The zero-order chi connectivity index (χ0) is 35.4. The van der Waals surface area contributed by atoms with E-state index < -0.39 is 33.3 Å². The molecule has 0 radical (unpaired) electrons. The monoisotopic (exact) mass is 700 g/mol. The summed E-state index contributed by atoms with van der Waals surface area (Å²) in [5.74, 6) is -1.33.